The quantitative estimate of drug-likeness (QED) is 0.701. The normalized spacial score (nSPS) is 23.6. The van der Waals surface area contributed by atoms with Gasteiger partial charge in [-0.1, -0.05) is 50.7 Å². The second kappa shape index (κ2) is 4.29. The van der Waals surface area contributed by atoms with Crippen molar-refractivity contribution in [1.29, 1.82) is 0 Å². The highest BCUT2D eigenvalue weighted by Gasteiger charge is 2.40. The van der Waals surface area contributed by atoms with Gasteiger partial charge in [-0.2, -0.15) is 0 Å². The molecule has 1 aromatic carbocycles. The van der Waals surface area contributed by atoms with Crippen LogP contribution >= 0.6 is 11.8 Å². The minimum absolute atomic E-state index is 0.239. The molecule has 0 N–H and O–H groups in total. The average molecular weight is 232 g/mol. The third-order valence-corrected chi connectivity index (χ3v) is 4.89. The molecule has 1 aromatic rings. The lowest BCUT2D eigenvalue weighted by atomic mass is 9.74. The van der Waals surface area contributed by atoms with Crippen molar-refractivity contribution in [1.82, 2.24) is 0 Å². The van der Waals surface area contributed by atoms with Gasteiger partial charge in [0.15, 0.2) is 0 Å². The summed E-state index contributed by atoms with van der Waals surface area (Å²) in [5.41, 5.74) is 3.10. The second-order valence-corrected chi connectivity index (χ2v) is 5.85. The molecule has 0 aliphatic carbocycles. The summed E-state index contributed by atoms with van der Waals surface area (Å²) in [5, 5.41) is 0. The second-order valence-electron chi connectivity index (χ2n) is 4.71. The number of hydrogen-bond donors (Lipinski definition) is 0. The minimum atomic E-state index is 0.239. The molecule has 0 fully saturated rings. The van der Waals surface area contributed by atoms with E-state index in [4.69, 9.17) is 0 Å². The van der Waals surface area contributed by atoms with Crippen molar-refractivity contribution in [2.24, 2.45) is 0 Å². The summed E-state index contributed by atoms with van der Waals surface area (Å²) in [4.78, 5) is 2.78. The van der Waals surface area contributed by atoms with Crippen molar-refractivity contribution < 1.29 is 0 Å². The van der Waals surface area contributed by atoms with E-state index < -0.39 is 0 Å². The zero-order chi connectivity index (χ0) is 11.8. The summed E-state index contributed by atoms with van der Waals surface area (Å²) in [5.74, 6) is 0. The Morgan fingerprint density at radius 2 is 2.06 bits per heavy atom. The van der Waals surface area contributed by atoms with Crippen LogP contribution in [-0.4, -0.2) is 0 Å². The van der Waals surface area contributed by atoms with Crippen LogP contribution in [0.1, 0.15) is 44.2 Å². The minimum Gasteiger partial charge on any atom is -0.0939 e. The SMILES string of the molecule is C=C1Sc2cc(C)ccc2C1(CC)CCC. The lowest BCUT2D eigenvalue weighted by Gasteiger charge is -2.29. The third kappa shape index (κ3) is 1.62. The van der Waals surface area contributed by atoms with Crippen LogP contribution in [-0.2, 0) is 5.41 Å². The van der Waals surface area contributed by atoms with Crippen LogP contribution in [0.2, 0.25) is 0 Å². The topological polar surface area (TPSA) is 0 Å². The Morgan fingerprint density at radius 3 is 2.69 bits per heavy atom. The lowest BCUT2D eigenvalue weighted by Crippen LogP contribution is -2.22. The van der Waals surface area contributed by atoms with Gasteiger partial charge in [-0.25, -0.2) is 0 Å². The average Bonchev–Trinajstić information content (AvgIpc) is 2.52. The number of thioether (sulfide) groups is 1. The first kappa shape index (κ1) is 11.8. The highest BCUT2D eigenvalue weighted by Crippen LogP contribution is 2.55. The van der Waals surface area contributed by atoms with Gasteiger partial charge in [0.05, 0.1) is 0 Å². The van der Waals surface area contributed by atoms with E-state index in [-0.39, 0.29) is 5.41 Å². The molecule has 1 unspecified atom stereocenters. The van der Waals surface area contributed by atoms with Gasteiger partial charge in [0.1, 0.15) is 0 Å². The van der Waals surface area contributed by atoms with E-state index in [0.29, 0.717) is 0 Å². The van der Waals surface area contributed by atoms with Crippen LogP contribution in [0.5, 0.6) is 0 Å². The Kier molecular flexibility index (Phi) is 3.16. The summed E-state index contributed by atoms with van der Waals surface area (Å²) in [6.45, 7) is 11.0. The Balaban J connectivity index is 2.53. The Hall–Kier alpha value is -0.690. The molecule has 0 nitrogen and oxygen atoms in total. The van der Waals surface area contributed by atoms with Crippen LogP contribution in [0, 0.1) is 6.92 Å². The number of allylic oxidation sites excluding steroid dienone is 1. The highest BCUT2D eigenvalue weighted by molar-refractivity contribution is 8.03. The lowest BCUT2D eigenvalue weighted by molar-refractivity contribution is 0.461. The van der Waals surface area contributed by atoms with Gasteiger partial charge < -0.3 is 0 Å². The van der Waals surface area contributed by atoms with Gasteiger partial charge in [-0.15, -0.1) is 0 Å². The van der Waals surface area contributed by atoms with Crippen molar-refractivity contribution in [3.05, 3.63) is 40.8 Å². The van der Waals surface area contributed by atoms with Gasteiger partial charge >= 0.3 is 0 Å². The maximum Gasteiger partial charge on any atom is 0.0268 e. The van der Waals surface area contributed by atoms with E-state index in [1.165, 1.54) is 40.2 Å². The van der Waals surface area contributed by atoms with Crippen LogP contribution < -0.4 is 0 Å². The molecular formula is C15H20S. The largest absolute Gasteiger partial charge is 0.0939 e. The number of fused-ring (bicyclic) bond motifs is 1. The fourth-order valence-corrected chi connectivity index (χ4v) is 4.19. The van der Waals surface area contributed by atoms with E-state index in [1.54, 1.807) is 0 Å². The van der Waals surface area contributed by atoms with Gasteiger partial charge in [0, 0.05) is 10.3 Å². The molecule has 0 radical (unpaired) electrons. The third-order valence-electron chi connectivity index (χ3n) is 3.70. The summed E-state index contributed by atoms with van der Waals surface area (Å²) < 4.78 is 0. The van der Waals surface area contributed by atoms with Crippen molar-refractivity contribution in [2.45, 2.75) is 50.3 Å². The number of rotatable bonds is 3. The molecule has 1 heteroatoms. The molecule has 1 atom stereocenters. The maximum atomic E-state index is 4.30. The molecule has 0 saturated carbocycles. The first-order valence-corrected chi connectivity index (χ1v) is 6.94. The molecule has 1 heterocycles. The van der Waals surface area contributed by atoms with E-state index in [0.717, 1.165) is 0 Å². The monoisotopic (exact) mass is 232 g/mol. The molecule has 1 aliphatic rings. The zero-order valence-electron chi connectivity index (χ0n) is 10.5. The predicted octanol–water partition coefficient (Wildman–Crippen LogP) is 5.06. The van der Waals surface area contributed by atoms with E-state index >= 15 is 0 Å². The van der Waals surface area contributed by atoms with Gasteiger partial charge in [0.2, 0.25) is 0 Å². The Morgan fingerprint density at radius 1 is 1.31 bits per heavy atom. The van der Waals surface area contributed by atoms with Crippen molar-refractivity contribution in [3.63, 3.8) is 0 Å². The summed E-state index contributed by atoms with van der Waals surface area (Å²) in [6, 6.07) is 6.85. The molecule has 1 aliphatic heterocycles. The fourth-order valence-electron chi connectivity index (χ4n) is 2.76. The first-order valence-electron chi connectivity index (χ1n) is 6.12. The molecule has 0 amide bonds. The molecule has 86 valence electrons. The molecule has 0 spiro atoms. The number of benzene rings is 1. The Labute approximate surface area is 103 Å². The van der Waals surface area contributed by atoms with Crippen LogP contribution in [0.15, 0.2) is 34.6 Å². The molecule has 0 saturated heterocycles. The smallest absolute Gasteiger partial charge is 0.0268 e. The highest BCUT2D eigenvalue weighted by atomic mass is 32.2. The van der Waals surface area contributed by atoms with Crippen LogP contribution in [0.4, 0.5) is 0 Å². The predicted molar refractivity (Wildman–Crippen MR) is 73.1 cm³/mol. The molecule has 16 heavy (non-hydrogen) atoms. The van der Waals surface area contributed by atoms with Crippen LogP contribution in [0.3, 0.4) is 0 Å². The summed E-state index contributed by atoms with van der Waals surface area (Å²) in [6.07, 6.45) is 3.62. The maximum absolute atomic E-state index is 4.30. The fraction of sp³-hybridized carbons (Fsp3) is 0.467. The van der Waals surface area contributed by atoms with Crippen molar-refractivity contribution in [2.75, 3.05) is 0 Å². The van der Waals surface area contributed by atoms with Crippen molar-refractivity contribution in [3.8, 4) is 0 Å². The van der Waals surface area contributed by atoms with Gasteiger partial charge in [-0.05, 0) is 41.9 Å². The zero-order valence-corrected chi connectivity index (χ0v) is 11.3. The van der Waals surface area contributed by atoms with Crippen LogP contribution in [0.25, 0.3) is 0 Å². The molecule has 2 rings (SSSR count). The van der Waals surface area contributed by atoms with E-state index in [9.17, 15) is 0 Å². The molecule has 0 aromatic heterocycles. The summed E-state index contributed by atoms with van der Waals surface area (Å²) in [7, 11) is 0. The number of aryl methyl sites for hydroxylation is 1. The molecule has 0 bridgehead atoms. The summed E-state index contributed by atoms with van der Waals surface area (Å²) >= 11 is 1.88. The molecular weight excluding hydrogens is 212 g/mol. The van der Waals surface area contributed by atoms with Gasteiger partial charge in [0.25, 0.3) is 0 Å². The van der Waals surface area contributed by atoms with E-state index in [1.807, 2.05) is 11.8 Å². The van der Waals surface area contributed by atoms with Crippen molar-refractivity contribution >= 4 is 11.8 Å². The van der Waals surface area contributed by atoms with E-state index in [2.05, 4.69) is 45.5 Å². The number of hydrogen-bond acceptors (Lipinski definition) is 1. The standard InChI is InChI=1S/C15H20S/c1-5-9-15(6-2)12(4)16-14-10-11(3)7-8-13(14)15/h7-8,10H,4-6,9H2,1-3H3. The van der Waals surface area contributed by atoms with Gasteiger partial charge in [-0.3, -0.25) is 0 Å². The first-order chi connectivity index (χ1) is 7.64. The Bertz CT molecular complexity index is 419.